The van der Waals surface area contributed by atoms with Crippen LogP contribution in [0, 0.1) is 0 Å². The van der Waals surface area contributed by atoms with E-state index >= 15 is 0 Å². The van der Waals surface area contributed by atoms with Crippen molar-refractivity contribution >= 4 is 11.7 Å². The van der Waals surface area contributed by atoms with Gasteiger partial charge in [0.25, 0.3) is 5.91 Å². The molecule has 4 heteroatoms. The van der Waals surface area contributed by atoms with Gasteiger partial charge in [0, 0.05) is 33.4 Å². The Balaban J connectivity index is 2.63. The number of anilines is 1. The van der Waals surface area contributed by atoms with E-state index in [1.807, 2.05) is 26.2 Å². The fourth-order valence-corrected chi connectivity index (χ4v) is 1.97. The van der Waals surface area contributed by atoms with E-state index in [2.05, 4.69) is 23.7 Å². The first-order valence-corrected chi connectivity index (χ1v) is 7.52. The Labute approximate surface area is 122 Å². The van der Waals surface area contributed by atoms with Crippen molar-refractivity contribution in [3.8, 4) is 0 Å². The van der Waals surface area contributed by atoms with E-state index in [4.69, 9.17) is 0 Å². The van der Waals surface area contributed by atoms with Crippen molar-refractivity contribution in [2.75, 3.05) is 32.1 Å². The maximum absolute atomic E-state index is 12.2. The van der Waals surface area contributed by atoms with Gasteiger partial charge in [-0.2, -0.15) is 0 Å². The molecule has 0 bridgehead atoms. The Morgan fingerprint density at radius 2 is 1.75 bits per heavy atom. The van der Waals surface area contributed by atoms with Crippen molar-refractivity contribution in [3.05, 3.63) is 23.9 Å². The van der Waals surface area contributed by atoms with Crippen LogP contribution < -0.4 is 4.90 Å². The van der Waals surface area contributed by atoms with Crippen LogP contribution in [0.2, 0.25) is 0 Å². The van der Waals surface area contributed by atoms with Gasteiger partial charge in [0.2, 0.25) is 0 Å². The number of carbonyl (C=O) groups is 1. The van der Waals surface area contributed by atoms with Crippen molar-refractivity contribution < 1.29 is 4.79 Å². The summed E-state index contributed by atoms with van der Waals surface area (Å²) < 4.78 is 0. The summed E-state index contributed by atoms with van der Waals surface area (Å²) in [4.78, 5) is 20.5. The number of aromatic nitrogens is 1. The topological polar surface area (TPSA) is 36.4 Å². The van der Waals surface area contributed by atoms with Crippen LogP contribution in [0.3, 0.4) is 0 Å². The van der Waals surface area contributed by atoms with Gasteiger partial charge < -0.3 is 9.80 Å². The molecule has 0 radical (unpaired) electrons. The van der Waals surface area contributed by atoms with Gasteiger partial charge in [-0.05, 0) is 25.0 Å². The van der Waals surface area contributed by atoms with E-state index in [9.17, 15) is 4.79 Å². The summed E-state index contributed by atoms with van der Waals surface area (Å²) in [6, 6.07) is 3.80. The number of hydrogen-bond donors (Lipinski definition) is 0. The molecule has 1 heterocycles. The molecule has 0 saturated heterocycles. The number of rotatable bonds is 8. The van der Waals surface area contributed by atoms with Gasteiger partial charge in [-0.1, -0.05) is 26.7 Å². The predicted molar refractivity (Wildman–Crippen MR) is 84.3 cm³/mol. The monoisotopic (exact) mass is 277 g/mol. The first kappa shape index (κ1) is 16.5. The first-order chi connectivity index (χ1) is 9.60. The van der Waals surface area contributed by atoms with Crippen molar-refractivity contribution in [3.63, 3.8) is 0 Å². The van der Waals surface area contributed by atoms with Gasteiger partial charge in [-0.15, -0.1) is 0 Å². The lowest BCUT2D eigenvalue weighted by Crippen LogP contribution is -2.28. The fraction of sp³-hybridized carbons (Fsp3) is 0.625. The zero-order valence-electron chi connectivity index (χ0n) is 13.2. The van der Waals surface area contributed by atoms with E-state index in [1.165, 1.54) is 6.42 Å². The molecule has 0 aliphatic rings. The highest BCUT2D eigenvalue weighted by molar-refractivity contribution is 5.93. The Bertz CT molecular complexity index is 403. The minimum absolute atomic E-state index is 0.0497. The molecule has 0 N–H and O–H groups in total. The van der Waals surface area contributed by atoms with Crippen LogP contribution >= 0.6 is 0 Å². The fourth-order valence-electron chi connectivity index (χ4n) is 1.97. The molecule has 0 fully saturated rings. The normalized spacial score (nSPS) is 10.4. The Kier molecular flexibility index (Phi) is 7.05. The second-order valence-corrected chi connectivity index (χ2v) is 5.26. The SMILES string of the molecule is CCCCN(C)C(=O)c1ccc(N(C)CCCC)nc1. The number of amides is 1. The third kappa shape index (κ3) is 4.83. The molecule has 20 heavy (non-hydrogen) atoms. The molecule has 112 valence electrons. The maximum Gasteiger partial charge on any atom is 0.255 e. The number of unbranched alkanes of at least 4 members (excludes halogenated alkanes) is 2. The number of carbonyl (C=O) groups excluding carboxylic acids is 1. The highest BCUT2D eigenvalue weighted by Gasteiger charge is 2.12. The lowest BCUT2D eigenvalue weighted by Gasteiger charge is -2.19. The summed E-state index contributed by atoms with van der Waals surface area (Å²) in [6.45, 7) is 6.09. The molecule has 0 aliphatic heterocycles. The molecule has 1 aromatic heterocycles. The summed E-state index contributed by atoms with van der Waals surface area (Å²) >= 11 is 0. The van der Waals surface area contributed by atoms with Crippen LogP contribution in [0.1, 0.15) is 49.9 Å². The van der Waals surface area contributed by atoms with E-state index in [1.54, 1.807) is 11.1 Å². The zero-order chi connectivity index (χ0) is 15.0. The van der Waals surface area contributed by atoms with Crippen molar-refractivity contribution in [1.29, 1.82) is 0 Å². The first-order valence-electron chi connectivity index (χ1n) is 7.52. The molecule has 0 aliphatic carbocycles. The molecule has 0 aromatic carbocycles. The molecule has 4 nitrogen and oxygen atoms in total. The largest absolute Gasteiger partial charge is 0.360 e. The molecule has 0 spiro atoms. The molecular weight excluding hydrogens is 250 g/mol. The predicted octanol–water partition coefficient (Wildman–Crippen LogP) is 3.19. The molecule has 1 amide bonds. The van der Waals surface area contributed by atoms with Gasteiger partial charge in [0.15, 0.2) is 0 Å². The van der Waals surface area contributed by atoms with Crippen molar-refractivity contribution in [2.45, 2.75) is 39.5 Å². The molecule has 0 atom stereocenters. The highest BCUT2D eigenvalue weighted by Crippen LogP contribution is 2.12. The minimum atomic E-state index is 0.0497. The Morgan fingerprint density at radius 3 is 2.30 bits per heavy atom. The summed E-state index contributed by atoms with van der Waals surface area (Å²) in [7, 11) is 3.88. The second kappa shape index (κ2) is 8.56. The Hall–Kier alpha value is -1.58. The average molecular weight is 277 g/mol. The lowest BCUT2D eigenvalue weighted by molar-refractivity contribution is 0.0793. The van der Waals surface area contributed by atoms with Gasteiger partial charge in [-0.3, -0.25) is 4.79 Å². The van der Waals surface area contributed by atoms with E-state index in [0.29, 0.717) is 5.56 Å². The summed E-state index contributed by atoms with van der Waals surface area (Å²) in [5.41, 5.74) is 0.663. The van der Waals surface area contributed by atoms with Crippen molar-refractivity contribution in [1.82, 2.24) is 9.88 Å². The second-order valence-electron chi connectivity index (χ2n) is 5.26. The van der Waals surface area contributed by atoms with E-state index in [-0.39, 0.29) is 5.91 Å². The van der Waals surface area contributed by atoms with Gasteiger partial charge in [0.1, 0.15) is 5.82 Å². The number of pyridine rings is 1. The lowest BCUT2D eigenvalue weighted by atomic mass is 10.2. The number of nitrogens with zero attached hydrogens (tertiary/aromatic N) is 3. The van der Waals surface area contributed by atoms with E-state index < -0.39 is 0 Å². The summed E-state index contributed by atoms with van der Waals surface area (Å²) in [5.74, 6) is 0.972. The van der Waals surface area contributed by atoms with Crippen molar-refractivity contribution in [2.24, 2.45) is 0 Å². The molecule has 0 saturated carbocycles. The van der Waals surface area contributed by atoms with Gasteiger partial charge >= 0.3 is 0 Å². The third-order valence-corrected chi connectivity index (χ3v) is 3.43. The van der Waals surface area contributed by atoms with Crippen LogP contribution in [0.25, 0.3) is 0 Å². The standard InChI is InChI=1S/C16H27N3O/c1-5-7-11-18(3)15-10-9-14(13-17-15)16(20)19(4)12-8-6-2/h9-10,13H,5-8,11-12H2,1-4H3. The summed E-state index contributed by atoms with van der Waals surface area (Å²) in [6.07, 6.45) is 6.13. The van der Waals surface area contributed by atoms with Crippen LogP contribution in [0.4, 0.5) is 5.82 Å². The van der Waals surface area contributed by atoms with Crippen LogP contribution in [0.15, 0.2) is 18.3 Å². The Morgan fingerprint density at radius 1 is 1.10 bits per heavy atom. The smallest absolute Gasteiger partial charge is 0.255 e. The summed E-state index contributed by atoms with van der Waals surface area (Å²) in [5, 5.41) is 0. The third-order valence-electron chi connectivity index (χ3n) is 3.43. The molecule has 1 aromatic rings. The van der Waals surface area contributed by atoms with Crippen LogP contribution in [0.5, 0.6) is 0 Å². The number of hydrogen-bond acceptors (Lipinski definition) is 3. The van der Waals surface area contributed by atoms with Gasteiger partial charge in [0.05, 0.1) is 5.56 Å². The van der Waals surface area contributed by atoms with E-state index in [0.717, 1.165) is 38.2 Å². The average Bonchev–Trinajstić information content (AvgIpc) is 2.49. The van der Waals surface area contributed by atoms with Crippen LogP contribution in [-0.2, 0) is 0 Å². The minimum Gasteiger partial charge on any atom is -0.360 e. The quantitative estimate of drug-likeness (QED) is 0.732. The molecule has 0 unspecified atom stereocenters. The molecular formula is C16H27N3O. The van der Waals surface area contributed by atoms with Crippen LogP contribution in [-0.4, -0.2) is 43.0 Å². The van der Waals surface area contributed by atoms with Gasteiger partial charge in [-0.25, -0.2) is 4.98 Å². The maximum atomic E-state index is 12.2. The highest BCUT2D eigenvalue weighted by atomic mass is 16.2. The zero-order valence-corrected chi connectivity index (χ0v) is 13.2. The molecule has 1 rings (SSSR count).